The van der Waals surface area contributed by atoms with Crippen molar-refractivity contribution in [2.24, 2.45) is 0 Å². The molecule has 0 saturated heterocycles. The van der Waals surface area contributed by atoms with Crippen LogP contribution in [0.2, 0.25) is 0 Å². The van der Waals surface area contributed by atoms with Crippen LogP contribution in [-0.2, 0) is 4.74 Å². The summed E-state index contributed by atoms with van der Waals surface area (Å²) in [4.78, 5) is 0. The quantitative estimate of drug-likeness (QED) is 0.723. The number of ether oxygens (including phenoxy) is 2. The summed E-state index contributed by atoms with van der Waals surface area (Å²) in [6.45, 7) is 3.21. The lowest BCUT2D eigenvalue weighted by Crippen LogP contribution is -2.00. The number of hydrogen-bond acceptors (Lipinski definition) is 3. The van der Waals surface area contributed by atoms with Gasteiger partial charge in [0.25, 0.3) is 0 Å². The minimum absolute atomic E-state index is 0.447. The van der Waals surface area contributed by atoms with Crippen LogP contribution in [0.3, 0.4) is 0 Å². The van der Waals surface area contributed by atoms with Gasteiger partial charge < -0.3 is 14.6 Å². The number of hydrogen-bond donors (Lipinski definition) is 1. The molecular weight excluding hydrogens is 204 g/mol. The van der Waals surface area contributed by atoms with E-state index < -0.39 is 6.10 Å². The SMILES string of the molecule is COCCCCOc1cccc([C@H](C)O)c1. The summed E-state index contributed by atoms with van der Waals surface area (Å²) in [5.74, 6) is 0.816. The monoisotopic (exact) mass is 224 g/mol. The molecule has 0 aliphatic carbocycles. The van der Waals surface area contributed by atoms with Gasteiger partial charge in [-0.1, -0.05) is 12.1 Å². The molecule has 16 heavy (non-hydrogen) atoms. The molecular formula is C13H20O3. The third-order valence-corrected chi connectivity index (χ3v) is 2.35. The zero-order valence-corrected chi connectivity index (χ0v) is 9.98. The van der Waals surface area contributed by atoms with Gasteiger partial charge in [-0.25, -0.2) is 0 Å². The second-order valence-corrected chi connectivity index (χ2v) is 3.80. The normalized spacial score (nSPS) is 12.4. The molecule has 0 saturated carbocycles. The molecule has 3 heteroatoms. The fraction of sp³-hybridized carbons (Fsp3) is 0.538. The highest BCUT2D eigenvalue weighted by atomic mass is 16.5. The van der Waals surface area contributed by atoms with E-state index in [0.29, 0.717) is 6.61 Å². The minimum Gasteiger partial charge on any atom is -0.494 e. The molecule has 1 atom stereocenters. The van der Waals surface area contributed by atoms with Gasteiger partial charge in [-0.3, -0.25) is 0 Å². The molecule has 0 unspecified atom stereocenters. The van der Waals surface area contributed by atoms with Crippen LogP contribution in [0.1, 0.15) is 31.4 Å². The predicted octanol–water partition coefficient (Wildman–Crippen LogP) is 2.55. The van der Waals surface area contributed by atoms with Crippen molar-refractivity contribution in [3.63, 3.8) is 0 Å². The van der Waals surface area contributed by atoms with Crippen molar-refractivity contribution in [3.8, 4) is 5.75 Å². The maximum Gasteiger partial charge on any atom is 0.119 e. The smallest absolute Gasteiger partial charge is 0.119 e. The van der Waals surface area contributed by atoms with Crippen molar-refractivity contribution in [1.82, 2.24) is 0 Å². The van der Waals surface area contributed by atoms with Gasteiger partial charge in [0.1, 0.15) is 5.75 Å². The van der Waals surface area contributed by atoms with Crippen LogP contribution in [0.25, 0.3) is 0 Å². The van der Waals surface area contributed by atoms with Crippen LogP contribution in [0.15, 0.2) is 24.3 Å². The lowest BCUT2D eigenvalue weighted by molar-refractivity contribution is 0.183. The molecule has 0 amide bonds. The van der Waals surface area contributed by atoms with Gasteiger partial charge in [0.05, 0.1) is 12.7 Å². The maximum absolute atomic E-state index is 9.42. The van der Waals surface area contributed by atoms with Gasteiger partial charge in [-0.05, 0) is 37.5 Å². The van der Waals surface area contributed by atoms with Crippen LogP contribution in [0.4, 0.5) is 0 Å². The number of rotatable bonds is 7. The number of aliphatic hydroxyl groups is 1. The molecule has 0 heterocycles. The van der Waals surface area contributed by atoms with E-state index in [1.54, 1.807) is 14.0 Å². The van der Waals surface area contributed by atoms with Crippen molar-refractivity contribution >= 4 is 0 Å². The molecule has 1 aromatic carbocycles. The van der Waals surface area contributed by atoms with E-state index in [1.807, 2.05) is 24.3 Å². The van der Waals surface area contributed by atoms with Crippen LogP contribution >= 0.6 is 0 Å². The summed E-state index contributed by atoms with van der Waals surface area (Å²) in [5.41, 5.74) is 0.884. The van der Waals surface area contributed by atoms with Crippen LogP contribution in [0, 0.1) is 0 Å². The first-order valence-electron chi connectivity index (χ1n) is 5.64. The van der Waals surface area contributed by atoms with E-state index >= 15 is 0 Å². The highest BCUT2D eigenvalue weighted by molar-refractivity contribution is 5.29. The topological polar surface area (TPSA) is 38.7 Å². The molecule has 0 bridgehead atoms. The van der Waals surface area contributed by atoms with E-state index in [1.165, 1.54) is 0 Å². The highest BCUT2D eigenvalue weighted by Gasteiger charge is 2.01. The Hall–Kier alpha value is -1.06. The van der Waals surface area contributed by atoms with Crippen LogP contribution < -0.4 is 4.74 Å². The standard InChI is InChI=1S/C13H20O3/c1-11(14)12-6-5-7-13(10-12)16-9-4-3-8-15-2/h5-7,10-11,14H,3-4,8-9H2,1-2H3/t11-/m0/s1. The molecule has 0 aromatic heterocycles. The van der Waals surface area contributed by atoms with Crippen molar-refractivity contribution < 1.29 is 14.6 Å². The summed E-state index contributed by atoms with van der Waals surface area (Å²) < 4.78 is 10.5. The molecule has 0 spiro atoms. The number of aliphatic hydroxyl groups excluding tert-OH is 1. The van der Waals surface area contributed by atoms with Gasteiger partial charge in [-0.15, -0.1) is 0 Å². The van der Waals surface area contributed by atoms with Crippen molar-refractivity contribution in [2.45, 2.75) is 25.9 Å². The molecule has 0 aliphatic heterocycles. The van der Waals surface area contributed by atoms with Gasteiger partial charge in [0.2, 0.25) is 0 Å². The number of unbranched alkanes of at least 4 members (excludes halogenated alkanes) is 1. The Morgan fingerprint density at radius 1 is 1.25 bits per heavy atom. The first-order valence-corrected chi connectivity index (χ1v) is 5.64. The summed E-state index contributed by atoms with van der Waals surface area (Å²) >= 11 is 0. The fourth-order valence-electron chi connectivity index (χ4n) is 1.40. The molecule has 1 N–H and O–H groups in total. The number of benzene rings is 1. The zero-order valence-electron chi connectivity index (χ0n) is 9.98. The lowest BCUT2D eigenvalue weighted by atomic mass is 10.1. The van der Waals surface area contributed by atoms with Crippen molar-refractivity contribution in [1.29, 1.82) is 0 Å². The Labute approximate surface area is 97.0 Å². The molecule has 0 fully saturated rings. The average molecular weight is 224 g/mol. The summed E-state index contributed by atoms with van der Waals surface area (Å²) in [5, 5.41) is 9.42. The van der Waals surface area contributed by atoms with Crippen LogP contribution in [0.5, 0.6) is 5.75 Å². The first kappa shape index (κ1) is 13.0. The van der Waals surface area contributed by atoms with Gasteiger partial charge >= 0.3 is 0 Å². The molecule has 0 radical (unpaired) electrons. The Balaban J connectivity index is 2.33. The molecule has 90 valence electrons. The van der Waals surface area contributed by atoms with E-state index in [9.17, 15) is 5.11 Å². The van der Waals surface area contributed by atoms with Gasteiger partial charge in [0, 0.05) is 13.7 Å². The molecule has 1 aromatic rings. The summed E-state index contributed by atoms with van der Waals surface area (Å²) in [7, 11) is 1.70. The van der Waals surface area contributed by atoms with Crippen molar-refractivity contribution in [3.05, 3.63) is 29.8 Å². The largest absolute Gasteiger partial charge is 0.494 e. The zero-order chi connectivity index (χ0) is 11.8. The van der Waals surface area contributed by atoms with Gasteiger partial charge in [0.15, 0.2) is 0 Å². The fourth-order valence-corrected chi connectivity index (χ4v) is 1.40. The summed E-state index contributed by atoms with van der Waals surface area (Å²) in [6, 6.07) is 7.57. The molecule has 0 aliphatic rings. The Morgan fingerprint density at radius 3 is 2.69 bits per heavy atom. The third kappa shape index (κ3) is 4.64. The van der Waals surface area contributed by atoms with E-state index in [2.05, 4.69) is 0 Å². The average Bonchev–Trinajstić information content (AvgIpc) is 2.29. The Morgan fingerprint density at radius 2 is 2.00 bits per heavy atom. The second kappa shape index (κ2) is 7.25. The summed E-state index contributed by atoms with van der Waals surface area (Å²) in [6.07, 6.45) is 1.54. The second-order valence-electron chi connectivity index (χ2n) is 3.80. The predicted molar refractivity (Wildman–Crippen MR) is 63.7 cm³/mol. The maximum atomic E-state index is 9.42. The number of methoxy groups -OCH3 is 1. The van der Waals surface area contributed by atoms with E-state index in [-0.39, 0.29) is 0 Å². The minimum atomic E-state index is -0.447. The molecule has 1 rings (SSSR count). The highest BCUT2D eigenvalue weighted by Crippen LogP contribution is 2.18. The molecule has 3 nitrogen and oxygen atoms in total. The van der Waals surface area contributed by atoms with E-state index in [4.69, 9.17) is 9.47 Å². The Bertz CT molecular complexity index is 297. The van der Waals surface area contributed by atoms with Crippen LogP contribution in [-0.4, -0.2) is 25.4 Å². The lowest BCUT2D eigenvalue weighted by Gasteiger charge is -2.09. The van der Waals surface area contributed by atoms with Gasteiger partial charge in [-0.2, -0.15) is 0 Å². The third-order valence-electron chi connectivity index (χ3n) is 2.35. The first-order chi connectivity index (χ1) is 7.74. The van der Waals surface area contributed by atoms with Crippen molar-refractivity contribution in [2.75, 3.05) is 20.3 Å². The van der Waals surface area contributed by atoms with E-state index in [0.717, 1.165) is 30.8 Å². The Kier molecular flexibility index (Phi) is 5.90.